The highest BCUT2D eigenvalue weighted by Crippen LogP contribution is 2.18. The van der Waals surface area contributed by atoms with Crippen LogP contribution in [0.15, 0.2) is 0 Å². The largest absolute Gasteiger partial charge is 0.303 e. The first-order chi connectivity index (χ1) is 7.44. The first-order valence-electron chi connectivity index (χ1n) is 6.26. The van der Waals surface area contributed by atoms with Gasteiger partial charge < -0.3 is 10.2 Å². The van der Waals surface area contributed by atoms with Crippen LogP contribution in [-0.4, -0.2) is 36.6 Å². The van der Waals surface area contributed by atoms with Crippen molar-refractivity contribution in [3.05, 3.63) is 0 Å². The molecule has 0 radical (unpaired) electrons. The molecular formula is C13H27N3. The highest BCUT2D eigenvalue weighted by atomic mass is 15.2. The van der Waals surface area contributed by atoms with E-state index in [1.807, 2.05) is 14.0 Å². The van der Waals surface area contributed by atoms with Crippen molar-refractivity contribution in [1.82, 2.24) is 10.2 Å². The molecule has 0 rings (SSSR count). The predicted molar refractivity (Wildman–Crippen MR) is 69.3 cm³/mol. The molecule has 2 unspecified atom stereocenters. The lowest BCUT2D eigenvalue weighted by atomic mass is 9.94. The molecule has 94 valence electrons. The lowest BCUT2D eigenvalue weighted by molar-refractivity contribution is 0.150. The van der Waals surface area contributed by atoms with Crippen molar-refractivity contribution in [1.29, 1.82) is 5.26 Å². The molecule has 1 N–H and O–H groups in total. The van der Waals surface area contributed by atoms with E-state index in [1.54, 1.807) is 0 Å². The molecule has 0 aromatic carbocycles. The maximum Gasteiger partial charge on any atom is 0.105 e. The van der Waals surface area contributed by atoms with Crippen LogP contribution >= 0.6 is 0 Å². The minimum Gasteiger partial charge on any atom is -0.303 e. The Labute approximate surface area is 101 Å². The van der Waals surface area contributed by atoms with E-state index in [4.69, 9.17) is 5.26 Å². The van der Waals surface area contributed by atoms with Gasteiger partial charge in [0.05, 0.1) is 6.07 Å². The molecule has 0 aliphatic heterocycles. The Hall–Kier alpha value is -0.590. The van der Waals surface area contributed by atoms with E-state index in [-0.39, 0.29) is 0 Å². The average Bonchev–Trinajstić information content (AvgIpc) is 2.30. The fraction of sp³-hybridized carbons (Fsp3) is 0.923. The predicted octanol–water partition coefficient (Wildman–Crippen LogP) is 2.39. The van der Waals surface area contributed by atoms with Gasteiger partial charge in [0.1, 0.15) is 5.54 Å². The van der Waals surface area contributed by atoms with Crippen LogP contribution in [0.1, 0.15) is 47.0 Å². The highest BCUT2D eigenvalue weighted by molar-refractivity contribution is 5.04. The van der Waals surface area contributed by atoms with Gasteiger partial charge in [0.2, 0.25) is 0 Å². The molecule has 0 spiro atoms. The van der Waals surface area contributed by atoms with Gasteiger partial charge in [0, 0.05) is 12.1 Å². The summed E-state index contributed by atoms with van der Waals surface area (Å²) in [5.74, 6) is 0. The molecule has 0 saturated heterocycles. The summed E-state index contributed by atoms with van der Waals surface area (Å²) < 4.78 is 0. The summed E-state index contributed by atoms with van der Waals surface area (Å²) in [7, 11) is 4.02. The molecule has 0 aliphatic rings. The number of rotatable bonds is 7. The van der Waals surface area contributed by atoms with Crippen molar-refractivity contribution in [3.8, 4) is 6.07 Å². The van der Waals surface area contributed by atoms with Crippen molar-refractivity contribution < 1.29 is 0 Å². The molecule has 0 heterocycles. The second-order valence-electron chi connectivity index (χ2n) is 4.88. The fourth-order valence-corrected chi connectivity index (χ4v) is 2.16. The van der Waals surface area contributed by atoms with Crippen molar-refractivity contribution >= 4 is 0 Å². The summed E-state index contributed by atoms with van der Waals surface area (Å²) in [6, 6.07) is 3.39. The van der Waals surface area contributed by atoms with Crippen molar-refractivity contribution in [2.45, 2.75) is 64.6 Å². The Bertz CT molecular complexity index is 230. The first-order valence-corrected chi connectivity index (χ1v) is 6.26. The Morgan fingerprint density at radius 1 is 1.38 bits per heavy atom. The van der Waals surface area contributed by atoms with E-state index in [1.165, 1.54) is 12.8 Å². The van der Waals surface area contributed by atoms with Crippen molar-refractivity contribution in [2.75, 3.05) is 14.1 Å². The normalized spacial score (nSPS) is 17.2. The third kappa shape index (κ3) is 4.11. The number of nitrogens with zero attached hydrogens (tertiary/aromatic N) is 2. The van der Waals surface area contributed by atoms with Crippen LogP contribution in [0.2, 0.25) is 0 Å². The molecule has 0 amide bonds. The quantitative estimate of drug-likeness (QED) is 0.723. The second-order valence-corrected chi connectivity index (χ2v) is 4.88. The van der Waals surface area contributed by atoms with Gasteiger partial charge in [-0.1, -0.05) is 13.8 Å². The van der Waals surface area contributed by atoms with Gasteiger partial charge in [-0.15, -0.1) is 0 Å². The molecule has 0 aromatic rings. The summed E-state index contributed by atoms with van der Waals surface area (Å²) in [5, 5.41) is 12.2. The molecule has 16 heavy (non-hydrogen) atoms. The second kappa shape index (κ2) is 6.88. The van der Waals surface area contributed by atoms with E-state index >= 15 is 0 Å². The maximum atomic E-state index is 9.14. The Balaban J connectivity index is 4.46. The molecule has 0 aromatic heterocycles. The molecule has 0 fully saturated rings. The molecule has 3 heteroatoms. The molecule has 0 bridgehead atoms. The molecule has 3 nitrogen and oxygen atoms in total. The number of nitrogens with one attached hydrogen (secondary N) is 1. The Morgan fingerprint density at radius 2 is 1.88 bits per heavy atom. The number of hydrogen-bond donors (Lipinski definition) is 1. The van der Waals surface area contributed by atoms with Gasteiger partial charge in [-0.2, -0.15) is 5.26 Å². The van der Waals surface area contributed by atoms with Crippen LogP contribution in [0.25, 0.3) is 0 Å². The van der Waals surface area contributed by atoms with E-state index in [9.17, 15) is 0 Å². The SMILES string of the molecule is CCC(CC)N(C)C(C)CC(C)(C#N)NC. The van der Waals surface area contributed by atoms with E-state index in [2.05, 4.69) is 44.1 Å². The van der Waals surface area contributed by atoms with E-state index < -0.39 is 5.54 Å². The fourth-order valence-electron chi connectivity index (χ4n) is 2.16. The van der Waals surface area contributed by atoms with Crippen molar-refractivity contribution in [2.24, 2.45) is 0 Å². The summed E-state index contributed by atoms with van der Waals surface area (Å²) in [5.41, 5.74) is -0.417. The van der Waals surface area contributed by atoms with Crippen LogP contribution in [0.4, 0.5) is 0 Å². The zero-order valence-corrected chi connectivity index (χ0v) is 11.7. The first kappa shape index (κ1) is 15.4. The zero-order chi connectivity index (χ0) is 12.8. The summed E-state index contributed by atoms with van der Waals surface area (Å²) >= 11 is 0. The molecular weight excluding hydrogens is 198 g/mol. The lowest BCUT2D eigenvalue weighted by Gasteiger charge is -2.35. The third-order valence-electron chi connectivity index (χ3n) is 3.72. The standard InChI is InChI=1S/C13H27N3/c1-7-12(8-2)16(6)11(3)9-13(4,10-14)15-5/h11-12,15H,7-9H2,1-6H3. The third-order valence-corrected chi connectivity index (χ3v) is 3.72. The van der Waals surface area contributed by atoms with Gasteiger partial charge in [0.15, 0.2) is 0 Å². The molecule has 2 atom stereocenters. The van der Waals surface area contributed by atoms with Gasteiger partial charge >= 0.3 is 0 Å². The van der Waals surface area contributed by atoms with Gasteiger partial charge in [-0.25, -0.2) is 0 Å². The summed E-state index contributed by atoms with van der Waals surface area (Å²) in [4.78, 5) is 2.40. The smallest absolute Gasteiger partial charge is 0.105 e. The monoisotopic (exact) mass is 225 g/mol. The van der Waals surface area contributed by atoms with E-state index in [0.717, 1.165) is 6.42 Å². The van der Waals surface area contributed by atoms with Crippen LogP contribution in [0.5, 0.6) is 0 Å². The van der Waals surface area contributed by atoms with Crippen molar-refractivity contribution in [3.63, 3.8) is 0 Å². The summed E-state index contributed by atoms with van der Waals surface area (Å²) in [6.07, 6.45) is 3.19. The van der Waals surface area contributed by atoms with Gasteiger partial charge in [-0.3, -0.25) is 0 Å². The average molecular weight is 225 g/mol. The van der Waals surface area contributed by atoms with E-state index in [0.29, 0.717) is 12.1 Å². The Morgan fingerprint density at radius 3 is 2.19 bits per heavy atom. The summed E-state index contributed by atoms with van der Waals surface area (Å²) in [6.45, 7) is 8.60. The highest BCUT2D eigenvalue weighted by Gasteiger charge is 2.27. The molecule has 0 saturated carbocycles. The topological polar surface area (TPSA) is 39.1 Å². The van der Waals surface area contributed by atoms with Crippen LogP contribution in [0.3, 0.4) is 0 Å². The van der Waals surface area contributed by atoms with Crippen LogP contribution in [0, 0.1) is 11.3 Å². The lowest BCUT2D eigenvalue weighted by Crippen LogP contribution is -2.47. The number of hydrogen-bond acceptors (Lipinski definition) is 3. The van der Waals surface area contributed by atoms with Crippen LogP contribution < -0.4 is 5.32 Å². The van der Waals surface area contributed by atoms with Gasteiger partial charge in [-0.05, 0) is 47.2 Å². The van der Waals surface area contributed by atoms with Crippen LogP contribution in [-0.2, 0) is 0 Å². The minimum absolute atomic E-state index is 0.417. The maximum absolute atomic E-state index is 9.14. The molecule has 0 aliphatic carbocycles. The minimum atomic E-state index is -0.417. The zero-order valence-electron chi connectivity index (χ0n) is 11.7. The number of nitriles is 1. The van der Waals surface area contributed by atoms with Gasteiger partial charge in [0.25, 0.3) is 0 Å². The Kier molecular flexibility index (Phi) is 6.62.